The first kappa shape index (κ1) is 7.10. The number of hydrogen-bond donors (Lipinski definition) is 0. The van der Waals surface area contributed by atoms with E-state index in [4.69, 9.17) is 17.3 Å². The van der Waals surface area contributed by atoms with Crippen molar-refractivity contribution in [3.05, 3.63) is 0 Å². The Morgan fingerprint density at radius 3 is 2.56 bits per heavy atom. The van der Waals surface area contributed by atoms with Crippen molar-refractivity contribution in [1.29, 1.82) is 0 Å². The van der Waals surface area contributed by atoms with Gasteiger partial charge in [-0.15, -0.1) is 0 Å². The fourth-order valence-electron chi connectivity index (χ4n) is 1.10. The van der Waals surface area contributed by atoms with Gasteiger partial charge in [0.1, 0.15) is 7.85 Å². The maximum atomic E-state index is 5.53. The molecular formula is C6H11BO2. The van der Waals surface area contributed by atoms with Crippen LogP contribution in [0.1, 0.15) is 13.3 Å². The van der Waals surface area contributed by atoms with E-state index in [1.807, 2.05) is 6.92 Å². The highest BCUT2D eigenvalue weighted by Crippen LogP contribution is 2.19. The summed E-state index contributed by atoms with van der Waals surface area (Å²) in [7, 11) is 7.19. The average Bonchev–Trinajstić information content (AvgIpc) is 2.10. The number of methoxy groups -OCH3 is 1. The average molecular weight is 126 g/mol. The van der Waals surface area contributed by atoms with Crippen molar-refractivity contribution in [1.82, 2.24) is 0 Å². The summed E-state index contributed by atoms with van der Waals surface area (Å²) in [5, 5.41) is 0. The van der Waals surface area contributed by atoms with Gasteiger partial charge in [0, 0.05) is 19.5 Å². The second-order valence-corrected chi connectivity index (χ2v) is 2.42. The van der Waals surface area contributed by atoms with Gasteiger partial charge in [0.05, 0.1) is 12.2 Å². The van der Waals surface area contributed by atoms with Gasteiger partial charge in [-0.05, 0) is 6.92 Å². The molecule has 2 nitrogen and oxygen atoms in total. The second kappa shape index (κ2) is 2.71. The highest BCUT2D eigenvalue weighted by atomic mass is 16.6. The Kier molecular flexibility index (Phi) is 2.14. The van der Waals surface area contributed by atoms with Gasteiger partial charge < -0.3 is 9.47 Å². The van der Waals surface area contributed by atoms with Gasteiger partial charge in [0.25, 0.3) is 0 Å². The third kappa shape index (κ3) is 1.46. The first-order valence-electron chi connectivity index (χ1n) is 3.18. The molecule has 3 heteroatoms. The monoisotopic (exact) mass is 126 g/mol. The third-order valence-electron chi connectivity index (χ3n) is 1.62. The van der Waals surface area contributed by atoms with Crippen LogP contribution >= 0.6 is 0 Å². The first-order chi connectivity index (χ1) is 4.24. The topological polar surface area (TPSA) is 18.5 Å². The zero-order valence-electron chi connectivity index (χ0n) is 5.83. The van der Waals surface area contributed by atoms with Crippen LogP contribution in [0.2, 0.25) is 0 Å². The molecule has 1 rings (SSSR count). The maximum Gasteiger partial charge on any atom is 0.112 e. The Hall–Kier alpha value is -0.0151. The van der Waals surface area contributed by atoms with Crippen LogP contribution in [0.15, 0.2) is 0 Å². The third-order valence-corrected chi connectivity index (χ3v) is 1.62. The molecule has 0 aromatic heterocycles. The Bertz CT molecular complexity index is 97.1. The van der Waals surface area contributed by atoms with Crippen molar-refractivity contribution in [2.45, 2.75) is 31.6 Å². The summed E-state index contributed by atoms with van der Waals surface area (Å²) < 4.78 is 10.3. The molecule has 0 aliphatic carbocycles. The minimum atomic E-state index is -0.218. The Balaban J connectivity index is 2.38. The van der Waals surface area contributed by atoms with Gasteiger partial charge in [0.15, 0.2) is 0 Å². The maximum absolute atomic E-state index is 5.53. The highest BCUT2D eigenvalue weighted by molar-refractivity contribution is 6.11. The first-order valence-corrected chi connectivity index (χ1v) is 3.18. The molecule has 1 aliphatic rings. The standard InChI is InChI=1S/C6H11BO2/c1-4-3-5(8-2)6(7)9-4/h4-6H,3H2,1-2H3. The molecule has 0 saturated carbocycles. The zero-order chi connectivity index (χ0) is 6.85. The fourth-order valence-corrected chi connectivity index (χ4v) is 1.10. The summed E-state index contributed by atoms with van der Waals surface area (Å²) >= 11 is 0. The van der Waals surface area contributed by atoms with Crippen LogP contribution in [0.3, 0.4) is 0 Å². The van der Waals surface area contributed by atoms with Crippen LogP contribution in [0.4, 0.5) is 0 Å². The van der Waals surface area contributed by atoms with Gasteiger partial charge in [0.2, 0.25) is 0 Å². The number of rotatable bonds is 1. The molecule has 2 radical (unpaired) electrons. The second-order valence-electron chi connectivity index (χ2n) is 2.42. The van der Waals surface area contributed by atoms with E-state index in [1.165, 1.54) is 0 Å². The lowest BCUT2D eigenvalue weighted by Gasteiger charge is -2.10. The predicted octanol–water partition coefficient (Wildman–Crippen LogP) is 0.305. The Morgan fingerprint density at radius 1 is 1.67 bits per heavy atom. The van der Waals surface area contributed by atoms with E-state index < -0.39 is 0 Å². The van der Waals surface area contributed by atoms with Gasteiger partial charge in [-0.25, -0.2) is 0 Å². The summed E-state index contributed by atoms with van der Waals surface area (Å²) in [6.45, 7) is 2.00. The number of ether oxygens (including phenoxy) is 2. The minimum Gasteiger partial charge on any atom is -0.382 e. The predicted molar refractivity (Wildman–Crippen MR) is 35.5 cm³/mol. The Morgan fingerprint density at radius 2 is 2.33 bits per heavy atom. The van der Waals surface area contributed by atoms with Crippen molar-refractivity contribution >= 4 is 7.85 Å². The number of hydrogen-bond acceptors (Lipinski definition) is 2. The van der Waals surface area contributed by atoms with E-state index in [1.54, 1.807) is 7.11 Å². The van der Waals surface area contributed by atoms with Gasteiger partial charge in [-0.3, -0.25) is 0 Å². The molecule has 1 saturated heterocycles. The fraction of sp³-hybridized carbons (Fsp3) is 1.00. The molecule has 1 fully saturated rings. The van der Waals surface area contributed by atoms with Crippen molar-refractivity contribution in [2.75, 3.05) is 7.11 Å². The zero-order valence-corrected chi connectivity index (χ0v) is 5.83. The minimum absolute atomic E-state index is 0.0972. The van der Waals surface area contributed by atoms with Gasteiger partial charge >= 0.3 is 0 Å². The molecule has 50 valence electrons. The SMILES string of the molecule is [B]C1OC(C)CC1OC. The molecule has 0 bridgehead atoms. The molecule has 3 unspecified atom stereocenters. The molecule has 0 amide bonds. The lowest BCUT2D eigenvalue weighted by Crippen LogP contribution is -2.22. The summed E-state index contributed by atoms with van der Waals surface area (Å²) in [6, 6.07) is -0.218. The van der Waals surface area contributed by atoms with E-state index in [9.17, 15) is 0 Å². The van der Waals surface area contributed by atoms with Crippen molar-refractivity contribution in [3.8, 4) is 0 Å². The van der Waals surface area contributed by atoms with Crippen LogP contribution in [0.25, 0.3) is 0 Å². The Labute approximate surface area is 56.9 Å². The molecule has 0 aromatic carbocycles. The molecule has 0 aromatic rings. The molecule has 3 atom stereocenters. The molecule has 0 N–H and O–H groups in total. The molecular weight excluding hydrogens is 115 g/mol. The van der Waals surface area contributed by atoms with Crippen molar-refractivity contribution in [2.24, 2.45) is 0 Å². The van der Waals surface area contributed by atoms with Crippen LogP contribution in [0, 0.1) is 0 Å². The van der Waals surface area contributed by atoms with Crippen LogP contribution < -0.4 is 0 Å². The molecule has 0 spiro atoms. The molecule has 1 heterocycles. The smallest absolute Gasteiger partial charge is 0.112 e. The van der Waals surface area contributed by atoms with E-state index in [2.05, 4.69) is 0 Å². The van der Waals surface area contributed by atoms with E-state index in [0.29, 0.717) is 0 Å². The normalized spacial score (nSPS) is 43.6. The van der Waals surface area contributed by atoms with Gasteiger partial charge in [-0.1, -0.05) is 0 Å². The lowest BCUT2D eigenvalue weighted by atomic mass is 9.94. The summed E-state index contributed by atoms with van der Waals surface area (Å²) in [4.78, 5) is 0. The summed E-state index contributed by atoms with van der Waals surface area (Å²) in [5.74, 6) is 0. The van der Waals surface area contributed by atoms with Crippen molar-refractivity contribution in [3.63, 3.8) is 0 Å². The van der Waals surface area contributed by atoms with E-state index >= 15 is 0 Å². The highest BCUT2D eigenvalue weighted by Gasteiger charge is 2.28. The van der Waals surface area contributed by atoms with Gasteiger partial charge in [-0.2, -0.15) is 0 Å². The van der Waals surface area contributed by atoms with Crippen molar-refractivity contribution < 1.29 is 9.47 Å². The van der Waals surface area contributed by atoms with Crippen LogP contribution in [0.5, 0.6) is 0 Å². The molecule has 9 heavy (non-hydrogen) atoms. The summed E-state index contributed by atoms with van der Waals surface area (Å²) in [5.41, 5.74) is 0. The van der Waals surface area contributed by atoms with Crippen LogP contribution in [-0.2, 0) is 9.47 Å². The molecule has 1 aliphatic heterocycles. The summed E-state index contributed by atoms with van der Waals surface area (Å²) in [6.07, 6.45) is 1.27. The van der Waals surface area contributed by atoms with E-state index in [0.717, 1.165) is 6.42 Å². The van der Waals surface area contributed by atoms with E-state index in [-0.39, 0.29) is 18.2 Å². The largest absolute Gasteiger partial charge is 0.382 e. The van der Waals surface area contributed by atoms with Crippen LogP contribution in [-0.4, -0.2) is 33.2 Å². The lowest BCUT2D eigenvalue weighted by molar-refractivity contribution is 0.0453. The quantitative estimate of drug-likeness (QED) is 0.470.